The number of hydrogen-bond acceptors (Lipinski definition) is 14. The van der Waals surface area contributed by atoms with E-state index in [0.29, 0.717) is 17.8 Å². The van der Waals surface area contributed by atoms with Crippen molar-refractivity contribution in [2.75, 3.05) is 28.9 Å². The Morgan fingerprint density at radius 1 is 0.823 bits per heavy atom. The van der Waals surface area contributed by atoms with E-state index >= 15 is 0 Å². The molecule has 62 heavy (non-hydrogen) atoms. The van der Waals surface area contributed by atoms with Crippen molar-refractivity contribution in [2.45, 2.75) is 101 Å². The summed E-state index contributed by atoms with van der Waals surface area (Å²) >= 11 is 0. The highest BCUT2D eigenvalue weighted by Gasteiger charge is 2.54. The zero-order valence-corrected chi connectivity index (χ0v) is 34.1. The summed E-state index contributed by atoms with van der Waals surface area (Å²) in [7, 11) is -4.81. The summed E-state index contributed by atoms with van der Waals surface area (Å²) in [6.07, 6.45) is -12.9. The largest absolute Gasteiger partial charge is 0.463 e. The van der Waals surface area contributed by atoms with Crippen LogP contribution in [-0.2, 0) is 63.8 Å². The van der Waals surface area contributed by atoms with Crippen LogP contribution in [0.5, 0.6) is 5.75 Å². The van der Waals surface area contributed by atoms with Crippen molar-refractivity contribution in [1.82, 2.24) is 0 Å². The number of carbonyl (C=O) groups is 4. The minimum atomic E-state index is -4.90. The van der Waals surface area contributed by atoms with E-state index in [1.165, 1.54) is 18.2 Å². The van der Waals surface area contributed by atoms with E-state index in [1.54, 1.807) is 0 Å². The minimum absolute atomic E-state index is 0.0148. The summed E-state index contributed by atoms with van der Waals surface area (Å²) in [6.45, 7) is 0.271. The Hall–Kier alpha value is -5.61. The predicted octanol–water partition coefficient (Wildman–Crippen LogP) is 5.76. The van der Waals surface area contributed by atoms with E-state index in [9.17, 15) is 53.9 Å². The van der Waals surface area contributed by atoms with Gasteiger partial charge in [0.1, 0.15) is 24.3 Å². The van der Waals surface area contributed by atoms with Crippen molar-refractivity contribution >= 4 is 45.3 Å². The molecule has 3 aliphatic heterocycles. The number of nitrogens with zero attached hydrogens (tertiary/aromatic N) is 2. The summed E-state index contributed by atoms with van der Waals surface area (Å²) in [5.74, 6) is -4.76. The Bertz CT molecular complexity index is 2300. The summed E-state index contributed by atoms with van der Waals surface area (Å²) in [5.41, 5.74) is -0.762. The van der Waals surface area contributed by atoms with Gasteiger partial charge in [-0.1, -0.05) is 12.1 Å². The molecule has 0 bridgehead atoms. The molecule has 336 valence electrons. The van der Waals surface area contributed by atoms with Crippen LogP contribution in [-0.4, -0.2) is 101 Å². The van der Waals surface area contributed by atoms with Crippen molar-refractivity contribution in [3.05, 3.63) is 72.0 Å². The lowest BCUT2D eigenvalue weighted by molar-refractivity contribution is -0.318. The van der Waals surface area contributed by atoms with E-state index in [4.69, 9.17) is 28.4 Å². The number of ether oxygens (including phenoxy) is 7. The van der Waals surface area contributed by atoms with Crippen LogP contribution < -0.4 is 13.9 Å². The highest BCUT2D eigenvalue weighted by atomic mass is 32.2. The molecule has 6 rings (SSSR count). The third-order valence-corrected chi connectivity index (χ3v) is 11.8. The summed E-state index contributed by atoms with van der Waals surface area (Å²) in [4.78, 5) is 49.8. The highest BCUT2D eigenvalue weighted by Crippen LogP contribution is 2.45. The van der Waals surface area contributed by atoms with E-state index < -0.39 is 118 Å². The topological polar surface area (TPSA) is 174 Å². The third-order valence-electron chi connectivity index (χ3n) is 10.1. The Kier molecular flexibility index (Phi) is 13.6. The first-order valence-corrected chi connectivity index (χ1v) is 20.4. The lowest BCUT2D eigenvalue weighted by Crippen LogP contribution is -2.64. The average Bonchev–Trinajstić information content (AvgIpc) is 3.17. The lowest BCUT2D eigenvalue weighted by Gasteiger charge is -2.49. The Morgan fingerprint density at radius 2 is 1.50 bits per heavy atom. The molecule has 0 amide bonds. The molecule has 1 unspecified atom stereocenters. The average molecular weight is 903 g/mol. The Morgan fingerprint density at radius 3 is 2.15 bits per heavy atom. The first-order chi connectivity index (χ1) is 29.1. The van der Waals surface area contributed by atoms with E-state index in [0.717, 1.165) is 62.3 Å². The SMILES string of the molecule is CC(=O)OC[C@H]1O[C@@H](OC2CCN3c4ccc(-c5cc(F)cc(OC(F)F)c5)cc4N(S(=O)(=O)c4cccc(C(F)(F)F)c4)C[C@@H]3C2)[C@H](OC(C)=O)[C@@H](OC(C)=O)[C@@H]1OC(C)=O. The van der Waals surface area contributed by atoms with Crippen LogP contribution in [0.25, 0.3) is 11.1 Å². The predicted molar refractivity (Wildman–Crippen MR) is 202 cm³/mol. The van der Waals surface area contributed by atoms with E-state index in [2.05, 4.69) is 4.74 Å². The van der Waals surface area contributed by atoms with Gasteiger partial charge >= 0.3 is 36.7 Å². The Labute approximate surface area is 350 Å². The highest BCUT2D eigenvalue weighted by molar-refractivity contribution is 7.92. The first kappa shape index (κ1) is 45.9. The van der Waals surface area contributed by atoms with Crippen molar-refractivity contribution in [2.24, 2.45) is 0 Å². The number of esters is 4. The van der Waals surface area contributed by atoms with Crippen LogP contribution in [0.2, 0.25) is 0 Å². The zero-order chi connectivity index (χ0) is 45.3. The van der Waals surface area contributed by atoms with Gasteiger partial charge in [-0.25, -0.2) is 12.8 Å². The number of alkyl halides is 5. The molecular weight excluding hydrogens is 862 g/mol. The number of fused-ring (bicyclic) bond motifs is 3. The Balaban J connectivity index is 1.37. The van der Waals surface area contributed by atoms with Gasteiger partial charge in [0.05, 0.1) is 40.5 Å². The number of sulfonamides is 1. The molecule has 15 nitrogen and oxygen atoms in total. The molecule has 3 heterocycles. The molecule has 0 saturated carbocycles. The second-order valence-electron chi connectivity index (χ2n) is 14.5. The van der Waals surface area contributed by atoms with Gasteiger partial charge < -0.3 is 38.1 Å². The molecule has 0 N–H and O–H groups in total. The van der Waals surface area contributed by atoms with Crippen molar-refractivity contribution in [3.63, 3.8) is 0 Å². The maximum absolute atomic E-state index is 14.6. The molecule has 0 aliphatic carbocycles. The summed E-state index contributed by atoms with van der Waals surface area (Å²) in [5, 5.41) is 0. The molecule has 0 aromatic heterocycles. The smallest absolute Gasteiger partial charge is 0.416 e. The van der Waals surface area contributed by atoms with Crippen LogP contribution >= 0.6 is 0 Å². The quantitative estimate of drug-likeness (QED) is 0.122. The van der Waals surface area contributed by atoms with Crippen LogP contribution in [0.1, 0.15) is 46.1 Å². The number of hydrogen-bond donors (Lipinski definition) is 0. The second kappa shape index (κ2) is 18.4. The molecule has 3 aromatic rings. The summed E-state index contributed by atoms with van der Waals surface area (Å²) in [6, 6.07) is 9.58. The number of halogens is 6. The fourth-order valence-corrected chi connectivity index (χ4v) is 9.19. The minimum Gasteiger partial charge on any atom is -0.463 e. The van der Waals surface area contributed by atoms with Crippen LogP contribution in [0.4, 0.5) is 37.7 Å². The van der Waals surface area contributed by atoms with Gasteiger partial charge in [0.15, 0.2) is 24.6 Å². The number of piperidine rings is 1. The maximum Gasteiger partial charge on any atom is 0.416 e. The fraction of sp³-hybridized carbons (Fsp3) is 0.450. The standard InChI is InChI=1S/C40H40F6N2O13S/c1-20(49)55-19-34-35(56-21(2)50)36(57-22(3)51)37(58-23(4)52)38(61-34)59-29-10-11-47-28(17-29)18-48(62(53,54)31-7-5-6-26(15-31)40(44,45)46)33-14-24(8-9-32(33)47)25-12-27(41)16-30(13-25)60-39(42)43/h5-9,12-16,28-29,34-39H,10-11,17-19H2,1-4H3/t28-,29?,34+,35+,36-,37+,38+/m0/s1. The van der Waals surface area contributed by atoms with E-state index in [-0.39, 0.29) is 42.7 Å². The molecule has 7 atom stereocenters. The molecule has 3 aliphatic rings. The zero-order valence-electron chi connectivity index (χ0n) is 33.3. The molecule has 0 radical (unpaired) electrons. The van der Waals surface area contributed by atoms with Crippen LogP contribution in [0, 0.1) is 5.82 Å². The molecular formula is C40H40F6N2O13S. The van der Waals surface area contributed by atoms with E-state index in [1.807, 2.05) is 4.90 Å². The molecule has 3 aromatic carbocycles. The molecule has 22 heteroatoms. The van der Waals surface area contributed by atoms with Crippen molar-refractivity contribution < 1.29 is 87.1 Å². The first-order valence-electron chi connectivity index (χ1n) is 18.9. The van der Waals surface area contributed by atoms with Crippen molar-refractivity contribution in [1.29, 1.82) is 0 Å². The second-order valence-corrected chi connectivity index (χ2v) is 16.4. The fourth-order valence-electron chi connectivity index (χ4n) is 7.64. The molecule has 2 saturated heterocycles. The normalized spacial score (nSPS) is 23.8. The van der Waals surface area contributed by atoms with Gasteiger partial charge in [-0.05, 0) is 66.4 Å². The van der Waals surface area contributed by atoms with Crippen LogP contribution in [0.15, 0.2) is 65.6 Å². The molecule has 2 fully saturated rings. The van der Waals surface area contributed by atoms with Gasteiger partial charge in [-0.3, -0.25) is 23.5 Å². The van der Waals surface area contributed by atoms with Crippen molar-refractivity contribution in [3.8, 4) is 16.9 Å². The monoisotopic (exact) mass is 902 g/mol. The van der Waals surface area contributed by atoms with Gasteiger partial charge in [0, 0.05) is 40.3 Å². The molecule has 0 spiro atoms. The number of carbonyl (C=O) groups excluding carboxylic acids is 4. The third kappa shape index (κ3) is 10.5. The number of benzene rings is 3. The summed E-state index contributed by atoms with van der Waals surface area (Å²) < 4.78 is 150. The maximum atomic E-state index is 14.6. The number of anilines is 2. The number of rotatable bonds is 12. The lowest BCUT2D eigenvalue weighted by atomic mass is 9.94. The van der Waals surface area contributed by atoms with Gasteiger partial charge in [-0.2, -0.15) is 22.0 Å². The van der Waals surface area contributed by atoms with Gasteiger partial charge in [0.2, 0.25) is 0 Å². The van der Waals surface area contributed by atoms with Gasteiger partial charge in [0.25, 0.3) is 10.0 Å². The van der Waals surface area contributed by atoms with Gasteiger partial charge in [-0.15, -0.1) is 0 Å². The van der Waals surface area contributed by atoms with Crippen LogP contribution in [0.3, 0.4) is 0 Å².